The molecule has 0 amide bonds. The van der Waals surface area contributed by atoms with E-state index in [1.54, 1.807) is 37.7 Å². The van der Waals surface area contributed by atoms with Gasteiger partial charge in [-0.05, 0) is 55.7 Å². The van der Waals surface area contributed by atoms with Gasteiger partial charge < -0.3 is 15.0 Å². The molecule has 0 radical (unpaired) electrons. The smallest absolute Gasteiger partial charge is 0.193 e. The highest BCUT2D eigenvalue weighted by Crippen LogP contribution is 2.28. The molecule has 4 aromatic rings. The van der Waals surface area contributed by atoms with Crippen LogP contribution in [-0.2, 0) is 13.0 Å². The molecular weight excluding hydrogens is 446 g/mol. The quantitative estimate of drug-likeness (QED) is 0.373. The van der Waals surface area contributed by atoms with Crippen molar-refractivity contribution in [1.29, 1.82) is 0 Å². The number of aromatic nitrogens is 1. The summed E-state index contributed by atoms with van der Waals surface area (Å²) < 4.78 is 36.3. The maximum atomic E-state index is 14.6. The standard InChI is InChI=1S/C29H28F2N2O2/c1-18-23(16-27(32)20-9-5-4-6-10-20)29(34)28(21-11-7-12-22(15-21)35-3)19(2)33(18)17-24-25(30)13-8-14-26(24)31/h4-15,27H,16-17,32H2,1-3H3. The Labute approximate surface area is 203 Å². The Hall–Kier alpha value is -3.77. The Morgan fingerprint density at radius 3 is 2.20 bits per heavy atom. The Bertz CT molecular complexity index is 1390. The van der Waals surface area contributed by atoms with Gasteiger partial charge in [0, 0.05) is 34.1 Å². The van der Waals surface area contributed by atoms with Crippen LogP contribution < -0.4 is 15.9 Å². The lowest BCUT2D eigenvalue weighted by Gasteiger charge is -2.23. The van der Waals surface area contributed by atoms with Gasteiger partial charge in [0.15, 0.2) is 5.43 Å². The molecule has 0 saturated heterocycles. The zero-order chi connectivity index (χ0) is 25.1. The second-order valence-corrected chi connectivity index (χ2v) is 8.59. The maximum absolute atomic E-state index is 14.6. The number of halogens is 2. The first kappa shape index (κ1) is 24.4. The van der Waals surface area contributed by atoms with Crippen LogP contribution in [0.4, 0.5) is 8.78 Å². The summed E-state index contributed by atoms with van der Waals surface area (Å²) in [6.07, 6.45) is 0.283. The summed E-state index contributed by atoms with van der Waals surface area (Å²) in [6.45, 7) is 3.54. The molecular formula is C29H28F2N2O2. The van der Waals surface area contributed by atoms with Crippen LogP contribution in [0.2, 0.25) is 0 Å². The molecule has 1 atom stereocenters. The first-order valence-corrected chi connectivity index (χ1v) is 11.4. The van der Waals surface area contributed by atoms with Gasteiger partial charge in [0.2, 0.25) is 0 Å². The fraction of sp³-hybridized carbons (Fsp3) is 0.207. The minimum absolute atomic E-state index is 0.0546. The van der Waals surface area contributed by atoms with E-state index < -0.39 is 17.7 Å². The Kier molecular flexibility index (Phi) is 7.12. The summed E-state index contributed by atoms with van der Waals surface area (Å²) in [4.78, 5) is 13.9. The van der Waals surface area contributed by atoms with Crippen molar-refractivity contribution in [1.82, 2.24) is 4.57 Å². The molecule has 0 bridgehead atoms. The van der Waals surface area contributed by atoms with Gasteiger partial charge in [-0.3, -0.25) is 4.79 Å². The number of benzene rings is 3. The van der Waals surface area contributed by atoms with Gasteiger partial charge in [0.25, 0.3) is 0 Å². The van der Waals surface area contributed by atoms with Crippen LogP contribution in [0, 0.1) is 25.5 Å². The van der Waals surface area contributed by atoms with Crippen LogP contribution in [0.3, 0.4) is 0 Å². The predicted octanol–water partition coefficient (Wildman–Crippen LogP) is 5.71. The summed E-state index contributed by atoms with van der Waals surface area (Å²) in [7, 11) is 1.56. The SMILES string of the molecule is COc1cccc(-c2c(C)n(Cc3c(F)cccc3F)c(C)c(CC(N)c3ccccc3)c2=O)c1. The van der Waals surface area contributed by atoms with Crippen molar-refractivity contribution >= 4 is 0 Å². The molecule has 1 aromatic heterocycles. The van der Waals surface area contributed by atoms with E-state index in [1.807, 2.05) is 42.5 Å². The zero-order valence-electron chi connectivity index (χ0n) is 20.0. The van der Waals surface area contributed by atoms with Crippen LogP contribution in [0.1, 0.15) is 34.1 Å². The average molecular weight is 475 g/mol. The van der Waals surface area contributed by atoms with Gasteiger partial charge in [-0.1, -0.05) is 48.5 Å². The fourth-order valence-corrected chi connectivity index (χ4v) is 4.50. The maximum Gasteiger partial charge on any atom is 0.193 e. The van der Waals surface area contributed by atoms with Gasteiger partial charge in [0.05, 0.1) is 13.7 Å². The molecule has 0 fully saturated rings. The Morgan fingerprint density at radius 1 is 0.886 bits per heavy atom. The van der Waals surface area contributed by atoms with E-state index in [9.17, 15) is 13.6 Å². The first-order valence-electron chi connectivity index (χ1n) is 11.4. The molecule has 2 N–H and O–H groups in total. The van der Waals surface area contributed by atoms with Crippen molar-refractivity contribution in [2.24, 2.45) is 5.73 Å². The number of hydrogen-bond acceptors (Lipinski definition) is 3. The highest BCUT2D eigenvalue weighted by molar-refractivity contribution is 5.68. The fourth-order valence-electron chi connectivity index (χ4n) is 4.50. The van der Waals surface area contributed by atoms with Crippen LogP contribution >= 0.6 is 0 Å². The summed E-state index contributed by atoms with van der Waals surface area (Å²) in [5.41, 5.74) is 10.1. The van der Waals surface area contributed by atoms with Crippen molar-refractivity contribution < 1.29 is 13.5 Å². The molecule has 35 heavy (non-hydrogen) atoms. The number of methoxy groups -OCH3 is 1. The molecule has 1 heterocycles. The third-order valence-corrected chi connectivity index (χ3v) is 6.50. The topological polar surface area (TPSA) is 57.2 Å². The molecule has 0 aliphatic heterocycles. The van der Waals surface area contributed by atoms with Gasteiger partial charge in [-0.2, -0.15) is 0 Å². The van der Waals surface area contributed by atoms with E-state index in [0.29, 0.717) is 33.8 Å². The van der Waals surface area contributed by atoms with Crippen molar-refractivity contribution in [2.45, 2.75) is 32.9 Å². The van der Waals surface area contributed by atoms with Gasteiger partial charge in [0.1, 0.15) is 17.4 Å². The summed E-state index contributed by atoms with van der Waals surface area (Å²) in [5.74, 6) is -0.656. The molecule has 4 nitrogen and oxygen atoms in total. The van der Waals surface area contributed by atoms with E-state index in [2.05, 4.69) is 0 Å². The van der Waals surface area contributed by atoms with E-state index in [0.717, 1.165) is 5.56 Å². The number of nitrogens with two attached hydrogens (primary N) is 1. The highest BCUT2D eigenvalue weighted by atomic mass is 19.1. The average Bonchev–Trinajstić information content (AvgIpc) is 2.86. The molecule has 180 valence electrons. The second-order valence-electron chi connectivity index (χ2n) is 8.59. The molecule has 3 aromatic carbocycles. The monoisotopic (exact) mass is 474 g/mol. The van der Waals surface area contributed by atoms with Gasteiger partial charge in [-0.25, -0.2) is 8.78 Å². The van der Waals surface area contributed by atoms with Crippen molar-refractivity contribution in [3.63, 3.8) is 0 Å². The van der Waals surface area contributed by atoms with E-state index in [1.165, 1.54) is 18.2 Å². The number of rotatable bonds is 7. The molecule has 1 unspecified atom stereocenters. The van der Waals surface area contributed by atoms with Crippen molar-refractivity contribution in [3.05, 3.63) is 123 Å². The van der Waals surface area contributed by atoms with E-state index in [4.69, 9.17) is 10.5 Å². The molecule has 0 aliphatic carbocycles. The number of hydrogen-bond donors (Lipinski definition) is 1. The third-order valence-electron chi connectivity index (χ3n) is 6.50. The molecule has 0 saturated carbocycles. The van der Waals surface area contributed by atoms with E-state index >= 15 is 0 Å². The minimum Gasteiger partial charge on any atom is -0.497 e. The van der Waals surface area contributed by atoms with Crippen LogP contribution in [0.25, 0.3) is 11.1 Å². The lowest BCUT2D eigenvalue weighted by molar-refractivity contribution is 0.415. The van der Waals surface area contributed by atoms with Crippen molar-refractivity contribution in [2.75, 3.05) is 7.11 Å². The third kappa shape index (κ3) is 4.88. The Morgan fingerprint density at radius 2 is 1.54 bits per heavy atom. The summed E-state index contributed by atoms with van der Waals surface area (Å²) in [6, 6.07) is 20.2. The minimum atomic E-state index is -0.632. The lowest BCUT2D eigenvalue weighted by Crippen LogP contribution is -2.27. The Balaban J connectivity index is 1.93. The van der Waals surface area contributed by atoms with Crippen molar-refractivity contribution in [3.8, 4) is 16.9 Å². The number of nitrogens with zero attached hydrogens (tertiary/aromatic N) is 1. The van der Waals surface area contributed by atoms with Crippen LogP contribution in [-0.4, -0.2) is 11.7 Å². The zero-order valence-corrected chi connectivity index (χ0v) is 20.0. The summed E-state index contributed by atoms with van der Waals surface area (Å²) in [5, 5.41) is 0. The lowest BCUT2D eigenvalue weighted by atomic mass is 9.93. The van der Waals surface area contributed by atoms with Gasteiger partial charge in [-0.15, -0.1) is 0 Å². The normalized spacial score (nSPS) is 11.9. The first-order chi connectivity index (χ1) is 16.8. The number of pyridine rings is 1. The van der Waals surface area contributed by atoms with Gasteiger partial charge >= 0.3 is 0 Å². The molecule has 6 heteroatoms. The second kappa shape index (κ2) is 10.2. The predicted molar refractivity (Wildman–Crippen MR) is 135 cm³/mol. The number of ether oxygens (including phenoxy) is 1. The van der Waals surface area contributed by atoms with Crippen LogP contribution in [0.5, 0.6) is 5.75 Å². The highest BCUT2D eigenvalue weighted by Gasteiger charge is 2.22. The molecule has 0 spiro atoms. The molecule has 4 rings (SSSR count). The largest absolute Gasteiger partial charge is 0.497 e. The van der Waals surface area contributed by atoms with E-state index in [-0.39, 0.29) is 24.0 Å². The molecule has 0 aliphatic rings. The van der Waals surface area contributed by atoms with Crippen LogP contribution in [0.15, 0.2) is 77.6 Å². The summed E-state index contributed by atoms with van der Waals surface area (Å²) >= 11 is 0.